The van der Waals surface area contributed by atoms with Crippen LogP contribution >= 0.6 is 23.2 Å². The molecule has 1 aromatic rings. The molecule has 0 saturated carbocycles. The summed E-state index contributed by atoms with van der Waals surface area (Å²) >= 11 is 12.2. The third-order valence-corrected chi connectivity index (χ3v) is 4.34. The second-order valence-corrected chi connectivity index (χ2v) is 6.84. The topological polar surface area (TPSA) is 40.6 Å². The summed E-state index contributed by atoms with van der Waals surface area (Å²) in [6.07, 6.45) is 0.633. The highest BCUT2D eigenvalue weighted by Gasteiger charge is 2.35. The van der Waals surface area contributed by atoms with Crippen LogP contribution in [0.5, 0.6) is 0 Å². The standard InChI is InChI=1S/C16H20Cl2N2O2/c1-9(2)20(10(3)4)16(22)15(21)19-6-5-12-13(18)7-11(17)8-14(12)19/h7-10H,5-6H2,1-4H3. The molecule has 0 aromatic heterocycles. The van der Waals surface area contributed by atoms with Crippen molar-refractivity contribution in [3.05, 3.63) is 27.7 Å². The molecule has 22 heavy (non-hydrogen) atoms. The maximum absolute atomic E-state index is 12.6. The number of fused-ring (bicyclic) bond motifs is 1. The molecule has 0 aliphatic carbocycles. The third-order valence-electron chi connectivity index (χ3n) is 3.79. The van der Waals surface area contributed by atoms with Gasteiger partial charge in [0.2, 0.25) is 0 Å². The van der Waals surface area contributed by atoms with Crippen molar-refractivity contribution >= 4 is 40.7 Å². The first-order valence-electron chi connectivity index (χ1n) is 7.36. The molecule has 0 unspecified atom stereocenters. The van der Waals surface area contributed by atoms with Gasteiger partial charge < -0.3 is 9.80 Å². The van der Waals surface area contributed by atoms with Gasteiger partial charge in [-0.3, -0.25) is 9.59 Å². The minimum atomic E-state index is -0.528. The Morgan fingerprint density at radius 3 is 2.27 bits per heavy atom. The summed E-state index contributed by atoms with van der Waals surface area (Å²) in [6, 6.07) is 3.27. The molecule has 0 radical (unpaired) electrons. The van der Waals surface area contributed by atoms with Crippen molar-refractivity contribution in [2.75, 3.05) is 11.4 Å². The van der Waals surface area contributed by atoms with Crippen LogP contribution in [0, 0.1) is 0 Å². The van der Waals surface area contributed by atoms with Crippen molar-refractivity contribution in [1.82, 2.24) is 4.90 Å². The molecular formula is C16H20Cl2N2O2. The van der Waals surface area contributed by atoms with Crippen molar-refractivity contribution in [1.29, 1.82) is 0 Å². The Morgan fingerprint density at radius 2 is 1.73 bits per heavy atom. The SMILES string of the molecule is CC(C)N(C(=O)C(=O)N1CCc2c(Cl)cc(Cl)cc21)C(C)C. The van der Waals surface area contributed by atoms with Crippen LogP contribution in [0.1, 0.15) is 33.3 Å². The number of hydrogen-bond acceptors (Lipinski definition) is 2. The van der Waals surface area contributed by atoms with E-state index in [4.69, 9.17) is 23.2 Å². The highest BCUT2D eigenvalue weighted by atomic mass is 35.5. The summed E-state index contributed by atoms with van der Waals surface area (Å²) < 4.78 is 0. The van der Waals surface area contributed by atoms with E-state index < -0.39 is 11.8 Å². The molecule has 0 spiro atoms. The zero-order valence-electron chi connectivity index (χ0n) is 13.2. The molecule has 120 valence electrons. The van der Waals surface area contributed by atoms with E-state index >= 15 is 0 Å². The molecule has 0 atom stereocenters. The molecule has 1 aliphatic heterocycles. The van der Waals surface area contributed by atoms with Gasteiger partial charge in [-0.15, -0.1) is 0 Å². The van der Waals surface area contributed by atoms with E-state index in [-0.39, 0.29) is 12.1 Å². The molecule has 1 aromatic carbocycles. The van der Waals surface area contributed by atoms with E-state index in [1.165, 1.54) is 4.90 Å². The highest BCUT2D eigenvalue weighted by molar-refractivity contribution is 6.41. The molecule has 2 rings (SSSR count). The van der Waals surface area contributed by atoms with Crippen molar-refractivity contribution in [3.8, 4) is 0 Å². The van der Waals surface area contributed by atoms with Crippen LogP contribution in [0.25, 0.3) is 0 Å². The Kier molecular flexibility index (Phi) is 5.03. The molecule has 4 nitrogen and oxygen atoms in total. The van der Waals surface area contributed by atoms with Crippen LogP contribution < -0.4 is 4.90 Å². The second kappa shape index (κ2) is 6.47. The molecule has 1 heterocycles. The van der Waals surface area contributed by atoms with E-state index in [9.17, 15) is 9.59 Å². The number of carbonyl (C=O) groups excluding carboxylic acids is 2. The van der Waals surface area contributed by atoms with Gasteiger partial charge in [0.1, 0.15) is 0 Å². The number of amides is 2. The molecule has 0 bridgehead atoms. The van der Waals surface area contributed by atoms with E-state index in [0.717, 1.165) is 5.56 Å². The fraction of sp³-hybridized carbons (Fsp3) is 0.500. The Morgan fingerprint density at radius 1 is 1.14 bits per heavy atom. The fourth-order valence-corrected chi connectivity index (χ4v) is 3.50. The van der Waals surface area contributed by atoms with E-state index in [1.54, 1.807) is 17.0 Å². The number of rotatable bonds is 2. The summed E-state index contributed by atoms with van der Waals surface area (Å²) in [7, 11) is 0. The van der Waals surface area contributed by atoms with Crippen LogP contribution in [-0.4, -0.2) is 35.3 Å². The number of carbonyl (C=O) groups is 2. The summed E-state index contributed by atoms with van der Waals surface area (Å²) in [5.41, 5.74) is 1.51. The van der Waals surface area contributed by atoms with Crippen LogP contribution in [0.3, 0.4) is 0 Å². The largest absolute Gasteiger partial charge is 0.330 e. The van der Waals surface area contributed by atoms with Gasteiger partial charge in [0.05, 0.1) is 5.69 Å². The fourth-order valence-electron chi connectivity index (χ4n) is 2.92. The average Bonchev–Trinajstić information content (AvgIpc) is 2.80. The molecule has 0 fully saturated rings. The summed E-state index contributed by atoms with van der Waals surface area (Å²) in [5, 5.41) is 0.996. The maximum atomic E-state index is 12.6. The maximum Gasteiger partial charge on any atom is 0.316 e. The van der Waals surface area contributed by atoms with Crippen LogP contribution in [0.2, 0.25) is 10.0 Å². The smallest absolute Gasteiger partial charge is 0.316 e. The van der Waals surface area contributed by atoms with Gasteiger partial charge in [0.15, 0.2) is 0 Å². The molecule has 6 heteroatoms. The Balaban J connectivity index is 2.32. The summed E-state index contributed by atoms with van der Waals surface area (Å²) in [5.74, 6) is -1.02. The van der Waals surface area contributed by atoms with E-state index in [1.807, 2.05) is 27.7 Å². The van der Waals surface area contributed by atoms with Crippen LogP contribution in [0.15, 0.2) is 12.1 Å². The first-order valence-corrected chi connectivity index (χ1v) is 8.11. The zero-order chi connectivity index (χ0) is 16.6. The predicted molar refractivity (Wildman–Crippen MR) is 89.6 cm³/mol. The lowest BCUT2D eigenvalue weighted by Crippen LogP contribution is -2.50. The lowest BCUT2D eigenvalue weighted by atomic mass is 10.1. The van der Waals surface area contributed by atoms with E-state index in [0.29, 0.717) is 28.7 Å². The number of halogens is 2. The number of benzene rings is 1. The molecule has 0 saturated heterocycles. The second-order valence-electron chi connectivity index (χ2n) is 5.99. The van der Waals surface area contributed by atoms with Gasteiger partial charge in [-0.05, 0) is 51.8 Å². The van der Waals surface area contributed by atoms with Crippen LogP contribution in [-0.2, 0) is 16.0 Å². The predicted octanol–water partition coefficient (Wildman–Crippen LogP) is 3.53. The monoisotopic (exact) mass is 342 g/mol. The number of nitrogens with zero attached hydrogens (tertiary/aromatic N) is 2. The zero-order valence-corrected chi connectivity index (χ0v) is 14.7. The van der Waals surface area contributed by atoms with Gasteiger partial charge >= 0.3 is 11.8 Å². The first kappa shape index (κ1) is 17.1. The molecule has 1 aliphatic rings. The Labute approximate surface area is 141 Å². The minimum absolute atomic E-state index is 0.0403. The third kappa shape index (κ3) is 3.08. The lowest BCUT2D eigenvalue weighted by molar-refractivity contribution is -0.146. The molecular weight excluding hydrogens is 323 g/mol. The number of anilines is 1. The summed E-state index contributed by atoms with van der Waals surface area (Å²) in [6.45, 7) is 8.05. The van der Waals surface area contributed by atoms with Gasteiger partial charge in [-0.1, -0.05) is 23.2 Å². The van der Waals surface area contributed by atoms with Crippen LogP contribution in [0.4, 0.5) is 5.69 Å². The number of hydrogen-bond donors (Lipinski definition) is 0. The van der Waals surface area contributed by atoms with Crippen molar-refractivity contribution in [2.45, 2.75) is 46.2 Å². The van der Waals surface area contributed by atoms with E-state index in [2.05, 4.69) is 0 Å². The van der Waals surface area contributed by atoms with Crippen molar-refractivity contribution < 1.29 is 9.59 Å². The first-order chi connectivity index (χ1) is 10.2. The normalized spacial score (nSPS) is 13.7. The van der Waals surface area contributed by atoms with Gasteiger partial charge in [-0.2, -0.15) is 0 Å². The average molecular weight is 343 g/mol. The lowest BCUT2D eigenvalue weighted by Gasteiger charge is -2.31. The quantitative estimate of drug-likeness (QED) is 0.771. The van der Waals surface area contributed by atoms with Gasteiger partial charge in [0.25, 0.3) is 0 Å². The van der Waals surface area contributed by atoms with Gasteiger partial charge in [0, 0.05) is 28.7 Å². The minimum Gasteiger partial charge on any atom is -0.330 e. The van der Waals surface area contributed by atoms with Crippen molar-refractivity contribution in [3.63, 3.8) is 0 Å². The molecule has 0 N–H and O–H groups in total. The highest BCUT2D eigenvalue weighted by Crippen LogP contribution is 2.36. The Hall–Kier alpha value is -1.26. The Bertz CT molecular complexity index is 606. The summed E-state index contributed by atoms with van der Waals surface area (Å²) in [4.78, 5) is 28.3. The van der Waals surface area contributed by atoms with Gasteiger partial charge in [-0.25, -0.2) is 0 Å². The molecule has 2 amide bonds. The van der Waals surface area contributed by atoms with Crippen molar-refractivity contribution in [2.24, 2.45) is 0 Å².